The van der Waals surface area contributed by atoms with Crippen molar-refractivity contribution in [1.82, 2.24) is 19.7 Å². The highest BCUT2D eigenvalue weighted by molar-refractivity contribution is 9.10. The SMILES string of the molecule is C=CCn1c(SCc2c(C(=O)OCC)oc3ccc(Br)cc23)nnc1-c1ccncc1. The Morgan fingerprint density at radius 1 is 1.29 bits per heavy atom. The van der Waals surface area contributed by atoms with Gasteiger partial charge in [-0.05, 0) is 37.3 Å². The number of thioether (sulfide) groups is 1. The van der Waals surface area contributed by atoms with E-state index < -0.39 is 5.97 Å². The number of carbonyl (C=O) groups is 1. The summed E-state index contributed by atoms with van der Waals surface area (Å²) in [6.45, 7) is 6.44. The van der Waals surface area contributed by atoms with Gasteiger partial charge in [0.2, 0.25) is 5.76 Å². The molecule has 0 amide bonds. The summed E-state index contributed by atoms with van der Waals surface area (Å²) in [5.41, 5.74) is 2.31. The number of ether oxygens (including phenoxy) is 1. The van der Waals surface area contributed by atoms with Crippen LogP contribution in [0.5, 0.6) is 0 Å². The zero-order valence-electron chi connectivity index (χ0n) is 16.7. The first-order valence-corrected chi connectivity index (χ1v) is 11.4. The largest absolute Gasteiger partial charge is 0.460 e. The number of benzene rings is 1. The second kappa shape index (κ2) is 9.49. The van der Waals surface area contributed by atoms with Gasteiger partial charge in [0.1, 0.15) is 5.58 Å². The first-order chi connectivity index (χ1) is 15.1. The molecule has 0 radical (unpaired) electrons. The molecule has 0 atom stereocenters. The molecular formula is C22H19BrN4O3S. The average molecular weight is 499 g/mol. The monoisotopic (exact) mass is 498 g/mol. The molecule has 31 heavy (non-hydrogen) atoms. The molecule has 7 nitrogen and oxygen atoms in total. The molecular weight excluding hydrogens is 480 g/mol. The van der Waals surface area contributed by atoms with E-state index in [-0.39, 0.29) is 12.4 Å². The van der Waals surface area contributed by atoms with Gasteiger partial charge in [-0.25, -0.2) is 4.79 Å². The van der Waals surface area contributed by atoms with Crippen LogP contribution in [0.25, 0.3) is 22.4 Å². The van der Waals surface area contributed by atoms with Crippen molar-refractivity contribution in [2.45, 2.75) is 24.4 Å². The Morgan fingerprint density at radius 3 is 2.84 bits per heavy atom. The molecule has 0 saturated heterocycles. The van der Waals surface area contributed by atoms with E-state index in [1.54, 1.807) is 25.4 Å². The van der Waals surface area contributed by atoms with Gasteiger partial charge >= 0.3 is 5.97 Å². The third-order valence-electron chi connectivity index (χ3n) is 4.53. The number of esters is 1. The molecule has 0 bridgehead atoms. The fourth-order valence-electron chi connectivity index (χ4n) is 3.17. The van der Waals surface area contributed by atoms with Crippen LogP contribution in [-0.2, 0) is 17.0 Å². The number of allylic oxidation sites excluding steroid dienone is 1. The van der Waals surface area contributed by atoms with Crippen molar-refractivity contribution in [3.05, 3.63) is 71.2 Å². The van der Waals surface area contributed by atoms with Crippen molar-refractivity contribution in [2.75, 3.05) is 6.61 Å². The van der Waals surface area contributed by atoms with Crippen LogP contribution >= 0.6 is 27.7 Å². The average Bonchev–Trinajstić information content (AvgIpc) is 3.34. The van der Waals surface area contributed by atoms with Crippen LogP contribution in [0.15, 0.2) is 69.4 Å². The fourth-order valence-corrected chi connectivity index (χ4v) is 4.50. The lowest BCUT2D eigenvalue weighted by Crippen LogP contribution is -2.06. The standard InChI is InChI=1S/C22H19BrN4O3S/c1-3-11-27-20(14-7-9-24-10-8-14)25-26-22(27)31-13-17-16-12-15(23)5-6-18(16)30-19(17)21(28)29-4-2/h3,5-10,12H,1,4,11,13H2,2H3. The Morgan fingerprint density at radius 2 is 2.10 bits per heavy atom. The molecule has 9 heteroatoms. The summed E-state index contributed by atoms with van der Waals surface area (Å²) in [4.78, 5) is 16.6. The number of fused-ring (bicyclic) bond motifs is 1. The lowest BCUT2D eigenvalue weighted by atomic mass is 10.1. The summed E-state index contributed by atoms with van der Waals surface area (Å²) in [6, 6.07) is 9.42. The third-order valence-corrected chi connectivity index (χ3v) is 6.01. The molecule has 0 unspecified atom stereocenters. The molecule has 0 aliphatic heterocycles. The Bertz CT molecular complexity index is 1240. The van der Waals surface area contributed by atoms with Gasteiger partial charge in [-0.2, -0.15) is 0 Å². The van der Waals surface area contributed by atoms with E-state index in [9.17, 15) is 4.79 Å². The quantitative estimate of drug-likeness (QED) is 0.180. The van der Waals surface area contributed by atoms with Crippen LogP contribution < -0.4 is 0 Å². The van der Waals surface area contributed by atoms with E-state index in [0.717, 1.165) is 26.8 Å². The Hall–Kier alpha value is -2.91. The number of nitrogens with zero attached hydrogens (tertiary/aromatic N) is 4. The molecule has 3 heterocycles. The summed E-state index contributed by atoms with van der Waals surface area (Å²) in [5, 5.41) is 10.3. The smallest absolute Gasteiger partial charge is 0.374 e. The minimum Gasteiger partial charge on any atom is -0.460 e. The highest BCUT2D eigenvalue weighted by Crippen LogP contribution is 2.34. The molecule has 0 spiro atoms. The number of hydrogen-bond donors (Lipinski definition) is 0. The highest BCUT2D eigenvalue weighted by atomic mass is 79.9. The van der Waals surface area contributed by atoms with E-state index in [0.29, 0.717) is 23.0 Å². The molecule has 4 rings (SSSR count). The van der Waals surface area contributed by atoms with Crippen LogP contribution in [0, 0.1) is 0 Å². The maximum atomic E-state index is 12.5. The summed E-state index contributed by atoms with van der Waals surface area (Å²) in [7, 11) is 0. The highest BCUT2D eigenvalue weighted by Gasteiger charge is 2.23. The van der Waals surface area contributed by atoms with Crippen LogP contribution in [0.2, 0.25) is 0 Å². The van der Waals surface area contributed by atoms with Gasteiger partial charge in [-0.1, -0.05) is 33.8 Å². The Kier molecular flexibility index (Phi) is 6.53. The number of furan rings is 1. The molecule has 0 N–H and O–H groups in total. The minimum absolute atomic E-state index is 0.214. The zero-order chi connectivity index (χ0) is 21.8. The molecule has 0 fully saturated rings. The van der Waals surface area contributed by atoms with Crippen LogP contribution in [0.3, 0.4) is 0 Å². The number of carbonyl (C=O) groups excluding carboxylic acids is 1. The first-order valence-electron chi connectivity index (χ1n) is 9.57. The van der Waals surface area contributed by atoms with Gasteiger partial charge in [0.05, 0.1) is 6.61 Å². The third kappa shape index (κ3) is 4.42. The predicted molar refractivity (Wildman–Crippen MR) is 123 cm³/mol. The van der Waals surface area contributed by atoms with Gasteiger partial charge in [0.25, 0.3) is 0 Å². The maximum Gasteiger partial charge on any atom is 0.374 e. The number of hydrogen-bond acceptors (Lipinski definition) is 7. The predicted octanol–water partition coefficient (Wildman–Crippen LogP) is 5.50. The number of rotatable bonds is 8. The van der Waals surface area contributed by atoms with Crippen molar-refractivity contribution in [2.24, 2.45) is 0 Å². The van der Waals surface area contributed by atoms with Gasteiger partial charge in [0, 0.05) is 45.7 Å². The second-order valence-electron chi connectivity index (χ2n) is 6.50. The zero-order valence-corrected chi connectivity index (χ0v) is 19.1. The summed E-state index contributed by atoms with van der Waals surface area (Å²) < 4.78 is 13.9. The van der Waals surface area contributed by atoms with Crippen molar-refractivity contribution >= 4 is 44.6 Å². The topological polar surface area (TPSA) is 83.0 Å². The lowest BCUT2D eigenvalue weighted by Gasteiger charge is -2.08. The molecule has 0 aliphatic rings. The molecule has 158 valence electrons. The van der Waals surface area contributed by atoms with Crippen molar-refractivity contribution in [1.29, 1.82) is 0 Å². The summed E-state index contributed by atoms with van der Waals surface area (Å²) in [5.74, 6) is 0.931. The van der Waals surface area contributed by atoms with Crippen molar-refractivity contribution in [3.8, 4) is 11.4 Å². The summed E-state index contributed by atoms with van der Waals surface area (Å²) >= 11 is 4.97. The number of halogens is 1. The van der Waals surface area contributed by atoms with Crippen LogP contribution in [0.4, 0.5) is 0 Å². The van der Waals surface area contributed by atoms with E-state index in [4.69, 9.17) is 9.15 Å². The molecule has 3 aromatic heterocycles. The second-order valence-corrected chi connectivity index (χ2v) is 8.36. The number of aromatic nitrogens is 4. The molecule has 0 aliphatic carbocycles. The maximum absolute atomic E-state index is 12.5. The van der Waals surface area contributed by atoms with Crippen molar-refractivity contribution < 1.29 is 13.9 Å². The minimum atomic E-state index is -0.476. The fraction of sp³-hybridized carbons (Fsp3) is 0.182. The summed E-state index contributed by atoms with van der Waals surface area (Å²) in [6.07, 6.45) is 5.23. The normalized spacial score (nSPS) is 11.0. The van der Waals surface area contributed by atoms with Gasteiger partial charge in [-0.3, -0.25) is 9.55 Å². The van der Waals surface area contributed by atoms with Crippen LogP contribution in [-0.4, -0.2) is 32.3 Å². The first kappa shape index (κ1) is 21.3. The van der Waals surface area contributed by atoms with Crippen molar-refractivity contribution in [3.63, 3.8) is 0 Å². The Balaban J connectivity index is 1.70. The Labute approximate surface area is 191 Å². The van der Waals surface area contributed by atoms with Gasteiger partial charge in [0.15, 0.2) is 11.0 Å². The van der Waals surface area contributed by atoms with Gasteiger partial charge in [-0.15, -0.1) is 16.8 Å². The van der Waals surface area contributed by atoms with E-state index in [1.807, 2.05) is 34.9 Å². The lowest BCUT2D eigenvalue weighted by molar-refractivity contribution is 0.0491. The van der Waals surface area contributed by atoms with Gasteiger partial charge < -0.3 is 9.15 Å². The van der Waals surface area contributed by atoms with Crippen LogP contribution in [0.1, 0.15) is 23.0 Å². The number of pyridine rings is 1. The molecule has 1 aromatic carbocycles. The van der Waals surface area contributed by atoms with E-state index in [2.05, 4.69) is 37.7 Å². The van der Waals surface area contributed by atoms with E-state index in [1.165, 1.54) is 11.8 Å². The molecule has 4 aromatic rings. The van der Waals surface area contributed by atoms with E-state index >= 15 is 0 Å². The molecule has 0 saturated carbocycles.